The molecule has 1 fully saturated rings. The minimum atomic E-state index is -0.233. The van der Waals surface area contributed by atoms with Crippen molar-refractivity contribution in [1.29, 1.82) is 0 Å². The molecule has 3 rings (SSSR count). The van der Waals surface area contributed by atoms with Crippen LogP contribution in [-0.4, -0.2) is 49.1 Å². The largest absolute Gasteiger partial charge is 0.491 e. The Bertz CT molecular complexity index is 825. The summed E-state index contributed by atoms with van der Waals surface area (Å²) < 4.78 is 11.3. The van der Waals surface area contributed by atoms with Crippen molar-refractivity contribution in [3.8, 4) is 5.75 Å². The molecule has 29 heavy (non-hydrogen) atoms. The van der Waals surface area contributed by atoms with Gasteiger partial charge in [-0.1, -0.05) is 6.07 Å². The number of hydrogen-bond donors (Lipinski definition) is 1. The van der Waals surface area contributed by atoms with Gasteiger partial charge in [0.05, 0.1) is 6.10 Å². The fourth-order valence-electron chi connectivity index (χ4n) is 3.29. The van der Waals surface area contributed by atoms with Crippen molar-refractivity contribution in [3.05, 3.63) is 59.7 Å². The first-order valence-corrected chi connectivity index (χ1v) is 10.2. The minimum Gasteiger partial charge on any atom is -0.491 e. The van der Waals surface area contributed by atoms with E-state index < -0.39 is 0 Å². The summed E-state index contributed by atoms with van der Waals surface area (Å²) >= 11 is 0. The van der Waals surface area contributed by atoms with E-state index >= 15 is 0 Å². The summed E-state index contributed by atoms with van der Waals surface area (Å²) in [6.45, 7) is 6.51. The zero-order valence-corrected chi connectivity index (χ0v) is 17.0. The number of ether oxygens (including phenoxy) is 2. The van der Waals surface area contributed by atoms with Crippen molar-refractivity contribution in [2.45, 2.75) is 32.8 Å². The Morgan fingerprint density at radius 3 is 2.52 bits per heavy atom. The second kappa shape index (κ2) is 10.1. The molecule has 0 saturated carbocycles. The smallest absolute Gasteiger partial charge is 0.255 e. The highest BCUT2D eigenvalue weighted by Gasteiger charge is 2.16. The fourth-order valence-corrected chi connectivity index (χ4v) is 3.29. The number of carbonyl (C=O) groups is 2. The molecule has 0 aromatic heterocycles. The quantitative estimate of drug-likeness (QED) is 0.733. The van der Waals surface area contributed by atoms with E-state index in [2.05, 4.69) is 5.32 Å². The molecular formula is C23H28N2O4. The summed E-state index contributed by atoms with van der Waals surface area (Å²) in [5.74, 6) is 0.436. The monoisotopic (exact) mass is 396 g/mol. The first kappa shape index (κ1) is 20.9. The summed E-state index contributed by atoms with van der Waals surface area (Å²) in [6, 6.07) is 14.0. The van der Waals surface area contributed by atoms with Gasteiger partial charge in [-0.15, -0.1) is 0 Å². The average molecular weight is 396 g/mol. The van der Waals surface area contributed by atoms with Crippen LogP contribution in [-0.2, 0) is 4.74 Å². The molecule has 0 aliphatic carbocycles. The topological polar surface area (TPSA) is 67.9 Å². The van der Waals surface area contributed by atoms with Crippen molar-refractivity contribution in [2.75, 3.05) is 31.6 Å². The van der Waals surface area contributed by atoms with Crippen LogP contribution in [0.3, 0.4) is 0 Å². The SMILES string of the molecule is CCN(CC)C(=O)c1cccc(NC(=O)c2ccc(OC[C@H]3CCCO3)cc2)c1. The molecule has 2 amide bonds. The second-order valence-corrected chi connectivity index (χ2v) is 6.98. The van der Waals surface area contributed by atoms with Gasteiger partial charge in [-0.25, -0.2) is 0 Å². The molecule has 1 aliphatic rings. The van der Waals surface area contributed by atoms with Crippen LogP contribution in [0.15, 0.2) is 48.5 Å². The zero-order valence-electron chi connectivity index (χ0n) is 17.0. The Kier molecular flexibility index (Phi) is 7.25. The Morgan fingerprint density at radius 2 is 1.86 bits per heavy atom. The lowest BCUT2D eigenvalue weighted by atomic mass is 10.1. The molecule has 0 bridgehead atoms. The Labute approximate surface area is 171 Å². The zero-order chi connectivity index (χ0) is 20.6. The van der Waals surface area contributed by atoms with E-state index in [1.165, 1.54) is 0 Å². The fraction of sp³-hybridized carbons (Fsp3) is 0.391. The van der Waals surface area contributed by atoms with E-state index in [-0.39, 0.29) is 17.9 Å². The number of rotatable bonds is 8. The van der Waals surface area contributed by atoms with Crippen LogP contribution in [0.5, 0.6) is 5.75 Å². The van der Waals surface area contributed by atoms with Gasteiger partial charge in [-0.3, -0.25) is 9.59 Å². The van der Waals surface area contributed by atoms with Gasteiger partial charge in [0.1, 0.15) is 12.4 Å². The first-order valence-electron chi connectivity index (χ1n) is 10.2. The van der Waals surface area contributed by atoms with Crippen molar-refractivity contribution in [2.24, 2.45) is 0 Å². The Balaban J connectivity index is 1.59. The van der Waals surface area contributed by atoms with E-state index in [9.17, 15) is 9.59 Å². The third-order valence-corrected chi connectivity index (χ3v) is 4.99. The molecule has 1 N–H and O–H groups in total. The van der Waals surface area contributed by atoms with Gasteiger partial charge >= 0.3 is 0 Å². The molecule has 2 aromatic carbocycles. The predicted octanol–water partition coefficient (Wildman–Crippen LogP) is 3.98. The van der Waals surface area contributed by atoms with E-state index in [0.717, 1.165) is 19.4 Å². The second-order valence-electron chi connectivity index (χ2n) is 6.98. The highest BCUT2D eigenvalue weighted by atomic mass is 16.5. The molecule has 1 aliphatic heterocycles. The highest BCUT2D eigenvalue weighted by molar-refractivity contribution is 6.05. The van der Waals surface area contributed by atoms with Crippen molar-refractivity contribution in [3.63, 3.8) is 0 Å². The molecule has 154 valence electrons. The summed E-state index contributed by atoms with van der Waals surface area (Å²) in [5, 5.41) is 2.85. The number of carbonyl (C=O) groups excluding carboxylic acids is 2. The molecule has 0 unspecified atom stereocenters. The lowest BCUT2D eigenvalue weighted by Gasteiger charge is -2.19. The van der Waals surface area contributed by atoms with Crippen molar-refractivity contribution in [1.82, 2.24) is 4.90 Å². The summed E-state index contributed by atoms with van der Waals surface area (Å²) in [5.41, 5.74) is 1.67. The number of nitrogens with zero attached hydrogens (tertiary/aromatic N) is 1. The number of benzene rings is 2. The van der Waals surface area contributed by atoms with Crippen molar-refractivity contribution >= 4 is 17.5 Å². The van der Waals surface area contributed by atoms with Gasteiger partial charge in [0.15, 0.2) is 0 Å². The van der Waals surface area contributed by atoms with Gasteiger partial charge in [0.2, 0.25) is 0 Å². The van der Waals surface area contributed by atoms with Gasteiger partial charge in [0, 0.05) is 36.5 Å². The Hall–Kier alpha value is -2.86. The van der Waals surface area contributed by atoms with Crippen LogP contribution >= 0.6 is 0 Å². The molecule has 1 heterocycles. The van der Waals surface area contributed by atoms with Gasteiger partial charge in [-0.2, -0.15) is 0 Å². The molecule has 6 heteroatoms. The van der Waals surface area contributed by atoms with Crippen LogP contribution in [0.25, 0.3) is 0 Å². The maximum atomic E-state index is 12.6. The van der Waals surface area contributed by atoms with E-state index in [1.807, 2.05) is 13.8 Å². The lowest BCUT2D eigenvalue weighted by Crippen LogP contribution is -2.30. The third-order valence-electron chi connectivity index (χ3n) is 4.99. The summed E-state index contributed by atoms with van der Waals surface area (Å²) in [4.78, 5) is 26.8. The molecule has 1 atom stereocenters. The lowest BCUT2D eigenvalue weighted by molar-refractivity contribution is 0.0679. The first-order chi connectivity index (χ1) is 14.1. The standard InChI is InChI=1S/C23H28N2O4/c1-3-25(4-2)23(27)18-7-5-8-19(15-18)24-22(26)17-10-12-20(13-11-17)29-16-21-9-6-14-28-21/h5,7-8,10-13,15,21H,3-4,6,9,14,16H2,1-2H3,(H,24,26)/t21-/m1/s1. The maximum absolute atomic E-state index is 12.6. The molecular weight excluding hydrogens is 368 g/mol. The van der Waals surface area contributed by atoms with Crippen LogP contribution in [0.4, 0.5) is 5.69 Å². The average Bonchev–Trinajstić information content (AvgIpc) is 3.27. The van der Waals surface area contributed by atoms with E-state index in [4.69, 9.17) is 9.47 Å². The van der Waals surface area contributed by atoms with E-state index in [0.29, 0.717) is 42.3 Å². The highest BCUT2D eigenvalue weighted by Crippen LogP contribution is 2.18. The van der Waals surface area contributed by atoms with Gasteiger partial charge < -0.3 is 19.7 Å². The molecule has 1 saturated heterocycles. The van der Waals surface area contributed by atoms with Crippen LogP contribution < -0.4 is 10.1 Å². The van der Waals surface area contributed by atoms with Crippen LogP contribution in [0.1, 0.15) is 47.4 Å². The predicted molar refractivity (Wildman–Crippen MR) is 113 cm³/mol. The third kappa shape index (κ3) is 5.57. The minimum absolute atomic E-state index is 0.0427. The molecule has 2 aromatic rings. The summed E-state index contributed by atoms with van der Waals surface area (Å²) in [7, 11) is 0. The van der Waals surface area contributed by atoms with E-state index in [1.54, 1.807) is 53.4 Å². The number of amides is 2. The van der Waals surface area contributed by atoms with Crippen LogP contribution in [0.2, 0.25) is 0 Å². The molecule has 0 radical (unpaired) electrons. The summed E-state index contributed by atoms with van der Waals surface area (Å²) in [6.07, 6.45) is 2.26. The number of nitrogens with one attached hydrogen (secondary N) is 1. The number of hydrogen-bond acceptors (Lipinski definition) is 4. The van der Waals surface area contributed by atoms with Crippen molar-refractivity contribution < 1.29 is 19.1 Å². The van der Waals surface area contributed by atoms with Gasteiger partial charge in [-0.05, 0) is 69.2 Å². The Morgan fingerprint density at radius 1 is 1.10 bits per heavy atom. The van der Waals surface area contributed by atoms with Crippen LogP contribution in [0, 0.1) is 0 Å². The maximum Gasteiger partial charge on any atom is 0.255 e. The number of anilines is 1. The molecule has 6 nitrogen and oxygen atoms in total. The normalized spacial score (nSPS) is 15.7. The molecule has 0 spiro atoms. The van der Waals surface area contributed by atoms with Gasteiger partial charge in [0.25, 0.3) is 11.8 Å².